The highest BCUT2D eigenvalue weighted by molar-refractivity contribution is 7.13. The van der Waals surface area contributed by atoms with Gasteiger partial charge >= 0.3 is 0 Å². The fourth-order valence-electron chi connectivity index (χ4n) is 2.26. The number of rotatable bonds is 7. The summed E-state index contributed by atoms with van der Waals surface area (Å²) in [4.78, 5) is 15.2. The lowest BCUT2D eigenvalue weighted by molar-refractivity contribution is 0.250. The van der Waals surface area contributed by atoms with Crippen molar-refractivity contribution in [3.8, 4) is 10.8 Å². The van der Waals surface area contributed by atoms with Gasteiger partial charge in [-0.05, 0) is 32.3 Å². The Morgan fingerprint density at radius 3 is 2.71 bits per heavy atom. The van der Waals surface area contributed by atoms with E-state index in [0.717, 1.165) is 23.0 Å². The highest BCUT2D eigenvalue weighted by Crippen LogP contribution is 2.20. The van der Waals surface area contributed by atoms with Crippen LogP contribution in [0.4, 0.5) is 0 Å². The summed E-state index contributed by atoms with van der Waals surface area (Å²) in [6, 6.07) is 5.91. The molecule has 1 N–H and O–H groups in total. The van der Waals surface area contributed by atoms with Crippen LogP contribution in [0.25, 0.3) is 10.8 Å². The molecular formula is C16H20ClN5OS. The highest BCUT2D eigenvalue weighted by atomic mass is 35.5. The number of thiazole rings is 1. The highest BCUT2D eigenvalue weighted by Gasteiger charge is 2.16. The summed E-state index contributed by atoms with van der Waals surface area (Å²) >= 11 is 1.56. The minimum atomic E-state index is 0. The van der Waals surface area contributed by atoms with E-state index < -0.39 is 0 Å². The predicted molar refractivity (Wildman–Crippen MR) is 97.2 cm³/mol. The van der Waals surface area contributed by atoms with Crippen molar-refractivity contribution in [2.24, 2.45) is 0 Å². The zero-order chi connectivity index (χ0) is 16.1. The molecule has 0 saturated carbocycles. The molecule has 6 nitrogen and oxygen atoms in total. The Morgan fingerprint density at radius 2 is 2.04 bits per heavy atom. The standard InChI is InChI=1S/C16H19N5OS.ClH/c1-21(2)13(14-5-3-8-22-14)10-17-9-12-11-23-16(20-12)15-18-6-4-7-19-15;/h3-8,11,13,17H,9-10H2,1-2H3;1H. The smallest absolute Gasteiger partial charge is 0.188 e. The third-order valence-electron chi connectivity index (χ3n) is 3.45. The molecule has 0 aromatic carbocycles. The van der Waals surface area contributed by atoms with Crippen LogP contribution in [0.15, 0.2) is 46.7 Å². The summed E-state index contributed by atoms with van der Waals surface area (Å²) in [7, 11) is 4.09. The lowest BCUT2D eigenvalue weighted by Gasteiger charge is -2.22. The maximum absolute atomic E-state index is 5.51. The molecule has 3 heterocycles. The predicted octanol–water partition coefficient (Wildman–Crippen LogP) is 3.01. The fraction of sp³-hybridized carbons (Fsp3) is 0.312. The Morgan fingerprint density at radius 1 is 1.25 bits per heavy atom. The minimum absolute atomic E-state index is 0. The van der Waals surface area contributed by atoms with E-state index >= 15 is 0 Å². The van der Waals surface area contributed by atoms with Gasteiger partial charge in [0, 0.05) is 30.9 Å². The van der Waals surface area contributed by atoms with E-state index in [1.807, 2.05) is 31.6 Å². The van der Waals surface area contributed by atoms with E-state index in [1.54, 1.807) is 36.1 Å². The van der Waals surface area contributed by atoms with Gasteiger partial charge < -0.3 is 9.73 Å². The Balaban J connectivity index is 0.00000208. The molecule has 8 heteroatoms. The van der Waals surface area contributed by atoms with E-state index in [1.165, 1.54) is 0 Å². The van der Waals surface area contributed by atoms with E-state index in [-0.39, 0.29) is 18.4 Å². The normalized spacial score (nSPS) is 12.1. The first-order valence-electron chi connectivity index (χ1n) is 7.36. The number of halogens is 1. The first-order chi connectivity index (χ1) is 11.2. The molecule has 0 bridgehead atoms. The van der Waals surface area contributed by atoms with Gasteiger partial charge in [0.1, 0.15) is 5.76 Å². The lowest BCUT2D eigenvalue weighted by Crippen LogP contribution is -2.30. The molecule has 0 aliphatic rings. The van der Waals surface area contributed by atoms with E-state index in [9.17, 15) is 0 Å². The SMILES string of the molecule is CN(C)C(CNCc1csc(-c2ncccn2)n1)c1ccco1.Cl. The van der Waals surface area contributed by atoms with Gasteiger partial charge in [0.05, 0.1) is 18.0 Å². The molecule has 0 aliphatic heterocycles. The van der Waals surface area contributed by atoms with Crippen molar-refractivity contribution in [2.45, 2.75) is 12.6 Å². The zero-order valence-electron chi connectivity index (χ0n) is 13.5. The second kappa shape index (κ2) is 8.89. The van der Waals surface area contributed by atoms with Crippen LogP contribution in [0.3, 0.4) is 0 Å². The van der Waals surface area contributed by atoms with Gasteiger partial charge in [-0.2, -0.15) is 0 Å². The van der Waals surface area contributed by atoms with E-state index in [0.29, 0.717) is 12.4 Å². The molecule has 0 spiro atoms. The number of furan rings is 1. The number of likely N-dealkylation sites (N-methyl/N-ethyl adjacent to an activating group) is 1. The number of nitrogens with one attached hydrogen (secondary N) is 1. The van der Waals surface area contributed by atoms with Gasteiger partial charge in [-0.3, -0.25) is 4.90 Å². The molecule has 3 aromatic rings. The molecular weight excluding hydrogens is 346 g/mol. The number of aromatic nitrogens is 3. The van der Waals surface area contributed by atoms with Crippen LogP contribution in [0.5, 0.6) is 0 Å². The quantitative estimate of drug-likeness (QED) is 0.694. The number of hydrogen-bond acceptors (Lipinski definition) is 7. The van der Waals surface area contributed by atoms with Crippen molar-refractivity contribution in [1.82, 2.24) is 25.2 Å². The summed E-state index contributed by atoms with van der Waals surface area (Å²) < 4.78 is 5.51. The third kappa shape index (κ3) is 4.61. The molecule has 0 aliphatic carbocycles. The second-order valence-electron chi connectivity index (χ2n) is 5.34. The Hall–Kier alpha value is -1.80. The van der Waals surface area contributed by atoms with Crippen LogP contribution >= 0.6 is 23.7 Å². The monoisotopic (exact) mass is 365 g/mol. The van der Waals surface area contributed by atoms with Crippen LogP contribution in [-0.2, 0) is 6.54 Å². The molecule has 0 radical (unpaired) electrons. The molecule has 0 fully saturated rings. The van der Waals surface area contributed by atoms with Gasteiger partial charge in [-0.15, -0.1) is 23.7 Å². The van der Waals surface area contributed by atoms with Gasteiger partial charge in [0.25, 0.3) is 0 Å². The Labute approximate surface area is 151 Å². The second-order valence-corrected chi connectivity index (χ2v) is 6.20. The summed E-state index contributed by atoms with van der Waals surface area (Å²) in [6.45, 7) is 1.49. The number of nitrogens with zero attached hydrogens (tertiary/aromatic N) is 4. The Kier molecular flexibility index (Phi) is 6.86. The van der Waals surface area contributed by atoms with Gasteiger partial charge in [0.2, 0.25) is 0 Å². The van der Waals surface area contributed by atoms with Crippen molar-refractivity contribution >= 4 is 23.7 Å². The van der Waals surface area contributed by atoms with Crippen LogP contribution in [0, 0.1) is 0 Å². The molecule has 3 rings (SSSR count). The average molecular weight is 366 g/mol. The topological polar surface area (TPSA) is 67.1 Å². The van der Waals surface area contributed by atoms with Crippen molar-refractivity contribution in [3.63, 3.8) is 0 Å². The lowest BCUT2D eigenvalue weighted by atomic mass is 10.2. The molecule has 128 valence electrons. The molecule has 1 unspecified atom stereocenters. The maximum atomic E-state index is 5.51. The van der Waals surface area contributed by atoms with Crippen molar-refractivity contribution in [2.75, 3.05) is 20.6 Å². The van der Waals surface area contributed by atoms with Crippen LogP contribution in [-0.4, -0.2) is 40.5 Å². The van der Waals surface area contributed by atoms with Crippen molar-refractivity contribution < 1.29 is 4.42 Å². The van der Waals surface area contributed by atoms with E-state index in [4.69, 9.17) is 4.42 Å². The first-order valence-corrected chi connectivity index (χ1v) is 8.24. The number of hydrogen-bond donors (Lipinski definition) is 1. The van der Waals surface area contributed by atoms with Gasteiger partial charge in [-0.1, -0.05) is 0 Å². The Bertz CT molecular complexity index is 717. The molecule has 0 saturated heterocycles. The van der Waals surface area contributed by atoms with Gasteiger partial charge in [0.15, 0.2) is 10.8 Å². The molecule has 3 aromatic heterocycles. The minimum Gasteiger partial charge on any atom is -0.468 e. The summed E-state index contributed by atoms with van der Waals surface area (Å²) in [6.07, 6.45) is 5.16. The third-order valence-corrected chi connectivity index (χ3v) is 4.33. The molecule has 24 heavy (non-hydrogen) atoms. The maximum Gasteiger partial charge on any atom is 0.188 e. The largest absolute Gasteiger partial charge is 0.468 e. The van der Waals surface area contributed by atoms with Crippen LogP contribution in [0.1, 0.15) is 17.5 Å². The van der Waals surface area contributed by atoms with E-state index in [2.05, 4.69) is 25.2 Å². The molecule has 0 amide bonds. The summed E-state index contributed by atoms with van der Waals surface area (Å²) in [5, 5.41) is 6.32. The average Bonchev–Trinajstić information content (AvgIpc) is 3.24. The summed E-state index contributed by atoms with van der Waals surface area (Å²) in [5.74, 6) is 1.63. The summed E-state index contributed by atoms with van der Waals surface area (Å²) in [5.41, 5.74) is 0.995. The fourth-order valence-corrected chi connectivity index (χ4v) is 3.02. The molecule has 1 atom stereocenters. The van der Waals surface area contributed by atoms with Gasteiger partial charge in [-0.25, -0.2) is 15.0 Å². The van der Waals surface area contributed by atoms with Crippen LogP contribution in [0.2, 0.25) is 0 Å². The van der Waals surface area contributed by atoms with Crippen molar-refractivity contribution in [3.05, 3.63) is 53.7 Å². The van der Waals surface area contributed by atoms with Crippen LogP contribution < -0.4 is 5.32 Å². The first kappa shape index (κ1) is 18.5. The van der Waals surface area contributed by atoms with Crippen molar-refractivity contribution in [1.29, 1.82) is 0 Å². The zero-order valence-corrected chi connectivity index (χ0v) is 15.2.